The van der Waals surface area contributed by atoms with Crippen LogP contribution in [0.3, 0.4) is 0 Å². The lowest BCUT2D eigenvalue weighted by Gasteiger charge is -2.55. The second-order valence-corrected chi connectivity index (χ2v) is 7.31. The molecule has 1 aromatic rings. The lowest BCUT2D eigenvalue weighted by atomic mass is 9.54. The SMILES string of the molecule is CN(C)c1nnc(CN)n1C1C2CC3CC(C2)CC1C3. The number of anilines is 1. The van der Waals surface area contributed by atoms with Gasteiger partial charge in [0.25, 0.3) is 0 Å². The van der Waals surface area contributed by atoms with Crippen molar-refractivity contribution in [3.63, 3.8) is 0 Å². The number of nitrogens with zero attached hydrogens (tertiary/aromatic N) is 4. The first-order valence-corrected chi connectivity index (χ1v) is 7.98. The highest BCUT2D eigenvalue weighted by Crippen LogP contribution is 2.58. The number of nitrogens with two attached hydrogens (primary N) is 1. The standard InChI is InChI=1S/C15H25N5/c1-19(2)15-18-17-13(8-16)20(15)14-11-4-9-3-10(6-11)7-12(14)5-9/h9-12,14H,3-8,16H2,1-2H3. The van der Waals surface area contributed by atoms with Gasteiger partial charge in [-0.1, -0.05) is 0 Å². The van der Waals surface area contributed by atoms with Crippen LogP contribution in [0.25, 0.3) is 0 Å². The van der Waals surface area contributed by atoms with Crippen molar-refractivity contribution in [1.82, 2.24) is 14.8 Å². The predicted molar refractivity (Wildman–Crippen MR) is 78.3 cm³/mol. The van der Waals surface area contributed by atoms with Crippen molar-refractivity contribution in [2.24, 2.45) is 29.4 Å². The molecule has 4 aliphatic rings. The van der Waals surface area contributed by atoms with Gasteiger partial charge in [-0.25, -0.2) is 0 Å². The third kappa shape index (κ3) is 1.72. The molecule has 4 saturated carbocycles. The zero-order valence-electron chi connectivity index (χ0n) is 12.5. The van der Waals surface area contributed by atoms with E-state index in [2.05, 4.69) is 33.8 Å². The van der Waals surface area contributed by atoms with Gasteiger partial charge in [-0.15, -0.1) is 10.2 Å². The van der Waals surface area contributed by atoms with Crippen LogP contribution in [0.5, 0.6) is 0 Å². The molecule has 1 heterocycles. The second kappa shape index (κ2) is 4.45. The predicted octanol–water partition coefficient (Wildman–Crippen LogP) is 1.80. The van der Waals surface area contributed by atoms with Crippen LogP contribution in [0, 0.1) is 23.7 Å². The minimum Gasteiger partial charge on any atom is -0.347 e. The molecule has 4 fully saturated rings. The molecule has 0 atom stereocenters. The summed E-state index contributed by atoms with van der Waals surface area (Å²) in [6.45, 7) is 0.490. The van der Waals surface area contributed by atoms with Gasteiger partial charge in [0.2, 0.25) is 5.95 Å². The Labute approximate surface area is 120 Å². The lowest BCUT2D eigenvalue weighted by Crippen LogP contribution is -2.46. The monoisotopic (exact) mass is 275 g/mol. The summed E-state index contributed by atoms with van der Waals surface area (Å²) in [5.74, 6) is 5.59. The van der Waals surface area contributed by atoms with Gasteiger partial charge in [-0.05, 0) is 55.8 Å². The summed E-state index contributed by atoms with van der Waals surface area (Å²) in [4.78, 5) is 2.08. The quantitative estimate of drug-likeness (QED) is 0.914. The van der Waals surface area contributed by atoms with Crippen molar-refractivity contribution in [3.05, 3.63) is 5.82 Å². The van der Waals surface area contributed by atoms with E-state index in [1.807, 2.05) is 0 Å². The van der Waals surface area contributed by atoms with Gasteiger partial charge in [0.05, 0.1) is 6.54 Å². The third-order valence-electron chi connectivity index (χ3n) is 5.81. The summed E-state index contributed by atoms with van der Waals surface area (Å²) in [5.41, 5.74) is 5.92. The van der Waals surface area contributed by atoms with E-state index in [1.54, 1.807) is 0 Å². The van der Waals surface area contributed by atoms with Gasteiger partial charge in [-0.3, -0.25) is 4.57 Å². The van der Waals surface area contributed by atoms with Crippen LogP contribution in [0.1, 0.15) is 44.0 Å². The van der Waals surface area contributed by atoms with Gasteiger partial charge >= 0.3 is 0 Å². The molecule has 5 nitrogen and oxygen atoms in total. The molecular formula is C15H25N5. The van der Waals surface area contributed by atoms with Crippen molar-refractivity contribution in [2.45, 2.75) is 44.7 Å². The molecule has 5 rings (SSSR count). The fraction of sp³-hybridized carbons (Fsp3) is 0.867. The van der Waals surface area contributed by atoms with Crippen molar-refractivity contribution in [3.8, 4) is 0 Å². The first kappa shape index (κ1) is 12.6. The minimum atomic E-state index is 0.490. The molecule has 2 N–H and O–H groups in total. The molecule has 4 aliphatic carbocycles. The molecule has 5 heteroatoms. The Morgan fingerprint density at radius 1 is 1.05 bits per heavy atom. The van der Waals surface area contributed by atoms with Crippen LogP contribution in [0.2, 0.25) is 0 Å². The molecule has 0 aromatic carbocycles. The zero-order valence-corrected chi connectivity index (χ0v) is 12.5. The van der Waals surface area contributed by atoms with Gasteiger partial charge in [-0.2, -0.15) is 0 Å². The number of hydrogen-bond acceptors (Lipinski definition) is 4. The first-order valence-electron chi connectivity index (χ1n) is 7.98. The first-order chi connectivity index (χ1) is 9.67. The molecule has 0 radical (unpaired) electrons. The average Bonchev–Trinajstić information content (AvgIpc) is 2.81. The Hall–Kier alpha value is -1.10. The highest BCUT2D eigenvalue weighted by Gasteiger charge is 2.50. The van der Waals surface area contributed by atoms with Crippen molar-refractivity contribution in [1.29, 1.82) is 0 Å². The summed E-state index contributed by atoms with van der Waals surface area (Å²) in [6.07, 6.45) is 7.13. The maximum atomic E-state index is 5.92. The highest BCUT2D eigenvalue weighted by molar-refractivity contribution is 5.30. The lowest BCUT2D eigenvalue weighted by molar-refractivity contribution is -0.0296. The Kier molecular flexibility index (Phi) is 2.81. The number of aromatic nitrogens is 3. The van der Waals surface area contributed by atoms with Gasteiger partial charge in [0.15, 0.2) is 0 Å². The van der Waals surface area contributed by atoms with E-state index in [9.17, 15) is 0 Å². The van der Waals surface area contributed by atoms with E-state index in [0.717, 1.165) is 35.4 Å². The van der Waals surface area contributed by atoms with Gasteiger partial charge in [0.1, 0.15) is 5.82 Å². The Morgan fingerprint density at radius 2 is 1.65 bits per heavy atom. The summed E-state index contributed by atoms with van der Waals surface area (Å²) in [7, 11) is 4.10. The second-order valence-electron chi connectivity index (χ2n) is 7.31. The van der Waals surface area contributed by atoms with Crippen molar-refractivity contribution < 1.29 is 0 Å². The zero-order chi connectivity index (χ0) is 13.9. The van der Waals surface area contributed by atoms with E-state index in [0.29, 0.717) is 12.6 Å². The van der Waals surface area contributed by atoms with Crippen LogP contribution < -0.4 is 10.6 Å². The van der Waals surface area contributed by atoms with E-state index in [4.69, 9.17) is 5.73 Å². The Bertz CT molecular complexity index is 478. The minimum absolute atomic E-state index is 0.490. The van der Waals surface area contributed by atoms with Crippen molar-refractivity contribution >= 4 is 5.95 Å². The third-order valence-corrected chi connectivity index (χ3v) is 5.81. The van der Waals surface area contributed by atoms with E-state index in [1.165, 1.54) is 32.1 Å². The largest absolute Gasteiger partial charge is 0.347 e. The molecule has 0 saturated heterocycles. The van der Waals surface area contributed by atoms with Gasteiger partial charge < -0.3 is 10.6 Å². The van der Waals surface area contributed by atoms with Crippen LogP contribution in [0.15, 0.2) is 0 Å². The van der Waals surface area contributed by atoms with Crippen molar-refractivity contribution in [2.75, 3.05) is 19.0 Å². The van der Waals surface area contributed by atoms with E-state index in [-0.39, 0.29) is 0 Å². The molecule has 1 aromatic heterocycles. The maximum absolute atomic E-state index is 5.92. The van der Waals surface area contributed by atoms with Crippen LogP contribution >= 0.6 is 0 Å². The molecule has 0 unspecified atom stereocenters. The molecule has 0 spiro atoms. The van der Waals surface area contributed by atoms with Crippen LogP contribution in [-0.4, -0.2) is 28.9 Å². The number of rotatable bonds is 3. The van der Waals surface area contributed by atoms with Crippen LogP contribution in [0.4, 0.5) is 5.95 Å². The molecular weight excluding hydrogens is 250 g/mol. The average molecular weight is 275 g/mol. The summed E-state index contributed by atoms with van der Waals surface area (Å²) in [5, 5.41) is 8.71. The fourth-order valence-corrected chi connectivity index (χ4v) is 5.38. The van der Waals surface area contributed by atoms with E-state index < -0.39 is 0 Å². The highest BCUT2D eigenvalue weighted by atomic mass is 15.4. The summed E-state index contributed by atoms with van der Waals surface area (Å²) in [6, 6.07) is 0.591. The molecule has 20 heavy (non-hydrogen) atoms. The topological polar surface area (TPSA) is 60.0 Å². The Morgan fingerprint density at radius 3 is 2.15 bits per heavy atom. The molecule has 0 aliphatic heterocycles. The maximum Gasteiger partial charge on any atom is 0.227 e. The normalized spacial score (nSPS) is 38.5. The molecule has 4 bridgehead atoms. The molecule has 110 valence electrons. The summed E-state index contributed by atoms with van der Waals surface area (Å²) >= 11 is 0. The van der Waals surface area contributed by atoms with Crippen LogP contribution in [-0.2, 0) is 6.54 Å². The van der Waals surface area contributed by atoms with E-state index >= 15 is 0 Å². The molecule has 0 amide bonds. The smallest absolute Gasteiger partial charge is 0.227 e. The number of hydrogen-bond donors (Lipinski definition) is 1. The summed E-state index contributed by atoms with van der Waals surface area (Å²) < 4.78 is 2.38. The van der Waals surface area contributed by atoms with Gasteiger partial charge in [0, 0.05) is 20.1 Å². The fourth-order valence-electron chi connectivity index (χ4n) is 5.38. The Balaban J connectivity index is 1.75.